The second kappa shape index (κ2) is 5.62. The number of carbonyl (C=O) groups excluding carboxylic acids is 1. The van der Waals surface area contributed by atoms with Crippen LogP contribution in [0.4, 0.5) is 5.69 Å². The van der Waals surface area contributed by atoms with Gasteiger partial charge in [-0.25, -0.2) is 0 Å². The highest BCUT2D eigenvalue weighted by Gasteiger charge is 2.20. The van der Waals surface area contributed by atoms with Crippen LogP contribution in [0.5, 0.6) is 0 Å². The fourth-order valence-corrected chi connectivity index (χ4v) is 2.97. The van der Waals surface area contributed by atoms with Gasteiger partial charge in [-0.15, -0.1) is 11.3 Å². The van der Waals surface area contributed by atoms with E-state index in [9.17, 15) is 4.79 Å². The maximum Gasteiger partial charge on any atom is 0.263 e. The van der Waals surface area contributed by atoms with E-state index in [1.807, 2.05) is 12.1 Å². The highest BCUT2D eigenvalue weighted by molar-refractivity contribution is 7.21. The minimum Gasteiger partial charge on any atom is -0.397 e. The Bertz CT molecular complexity index is 649. The standard InChI is InChI=1S/C15H19ClN2OS/c1-4-15(2,3)8-18-14(19)13-12(17)10-7-9(16)5-6-11(10)20-13/h5-7H,4,8,17H2,1-3H3,(H,18,19). The summed E-state index contributed by atoms with van der Waals surface area (Å²) in [5.74, 6) is -0.110. The van der Waals surface area contributed by atoms with Crippen LogP contribution >= 0.6 is 22.9 Å². The number of hydrogen-bond donors (Lipinski definition) is 2. The number of hydrogen-bond acceptors (Lipinski definition) is 3. The summed E-state index contributed by atoms with van der Waals surface area (Å²) >= 11 is 7.37. The van der Waals surface area contributed by atoms with E-state index in [2.05, 4.69) is 26.1 Å². The first-order valence-electron chi connectivity index (χ1n) is 6.60. The Morgan fingerprint density at radius 2 is 2.15 bits per heavy atom. The zero-order valence-electron chi connectivity index (χ0n) is 11.9. The Kier molecular flexibility index (Phi) is 4.25. The van der Waals surface area contributed by atoms with Crippen molar-refractivity contribution < 1.29 is 4.79 Å². The fourth-order valence-electron chi connectivity index (χ4n) is 1.78. The van der Waals surface area contributed by atoms with Gasteiger partial charge in [0.05, 0.1) is 5.69 Å². The average Bonchev–Trinajstić information content (AvgIpc) is 2.74. The maximum atomic E-state index is 12.3. The molecule has 0 aliphatic rings. The van der Waals surface area contributed by atoms with Crippen molar-refractivity contribution in [2.45, 2.75) is 27.2 Å². The molecule has 1 aromatic heterocycles. The van der Waals surface area contributed by atoms with Crippen molar-refractivity contribution >= 4 is 44.6 Å². The zero-order chi connectivity index (χ0) is 14.9. The molecule has 3 nitrogen and oxygen atoms in total. The van der Waals surface area contributed by atoms with Crippen LogP contribution in [0.15, 0.2) is 18.2 Å². The van der Waals surface area contributed by atoms with Crippen molar-refractivity contribution in [2.75, 3.05) is 12.3 Å². The summed E-state index contributed by atoms with van der Waals surface area (Å²) in [6.07, 6.45) is 1.00. The second-order valence-corrected chi connectivity index (χ2v) is 7.17. The topological polar surface area (TPSA) is 55.1 Å². The number of amides is 1. The maximum absolute atomic E-state index is 12.3. The molecular formula is C15H19ClN2OS. The van der Waals surface area contributed by atoms with Crippen molar-refractivity contribution in [1.82, 2.24) is 5.32 Å². The Morgan fingerprint density at radius 1 is 1.45 bits per heavy atom. The lowest BCUT2D eigenvalue weighted by atomic mass is 9.90. The first kappa shape index (κ1) is 15.1. The number of nitrogens with two attached hydrogens (primary N) is 1. The van der Waals surface area contributed by atoms with Gasteiger partial charge in [-0.3, -0.25) is 4.79 Å². The minimum absolute atomic E-state index is 0.0877. The van der Waals surface area contributed by atoms with E-state index in [4.69, 9.17) is 17.3 Å². The molecule has 0 bridgehead atoms. The summed E-state index contributed by atoms with van der Waals surface area (Å²) in [5, 5.41) is 4.44. The van der Waals surface area contributed by atoms with Gasteiger partial charge in [-0.2, -0.15) is 0 Å². The Labute approximate surface area is 128 Å². The van der Waals surface area contributed by atoms with Gasteiger partial charge < -0.3 is 11.1 Å². The number of fused-ring (bicyclic) bond motifs is 1. The molecule has 108 valence electrons. The molecule has 1 heterocycles. The van der Waals surface area contributed by atoms with E-state index in [0.717, 1.165) is 16.5 Å². The van der Waals surface area contributed by atoms with E-state index in [0.29, 0.717) is 22.1 Å². The fraction of sp³-hybridized carbons (Fsp3) is 0.400. The monoisotopic (exact) mass is 310 g/mol. The molecule has 0 saturated carbocycles. The van der Waals surface area contributed by atoms with Crippen LogP contribution in [0.1, 0.15) is 36.9 Å². The van der Waals surface area contributed by atoms with Crippen molar-refractivity contribution in [3.05, 3.63) is 28.1 Å². The largest absolute Gasteiger partial charge is 0.397 e. The minimum atomic E-state index is -0.110. The lowest BCUT2D eigenvalue weighted by Crippen LogP contribution is -2.33. The Morgan fingerprint density at radius 3 is 2.80 bits per heavy atom. The predicted octanol–water partition coefficient (Wildman–Crippen LogP) is 4.30. The summed E-state index contributed by atoms with van der Waals surface area (Å²) in [7, 11) is 0. The third-order valence-corrected chi connectivity index (χ3v) is 5.00. The van der Waals surface area contributed by atoms with Crippen LogP contribution in [0.3, 0.4) is 0 Å². The van der Waals surface area contributed by atoms with Crippen molar-refractivity contribution in [1.29, 1.82) is 0 Å². The molecule has 2 rings (SSSR count). The zero-order valence-corrected chi connectivity index (χ0v) is 13.5. The van der Waals surface area contributed by atoms with Gasteiger partial charge in [0.2, 0.25) is 0 Å². The van der Waals surface area contributed by atoms with Crippen LogP contribution in [0.25, 0.3) is 10.1 Å². The molecule has 1 aromatic carbocycles. The van der Waals surface area contributed by atoms with E-state index in [1.165, 1.54) is 11.3 Å². The van der Waals surface area contributed by atoms with Gasteiger partial charge >= 0.3 is 0 Å². The molecule has 2 aromatic rings. The second-order valence-electron chi connectivity index (χ2n) is 5.69. The first-order chi connectivity index (χ1) is 9.34. The Hall–Kier alpha value is -1.26. The van der Waals surface area contributed by atoms with Gasteiger partial charge in [-0.05, 0) is 30.0 Å². The third-order valence-electron chi connectivity index (χ3n) is 3.58. The average molecular weight is 311 g/mol. The number of rotatable bonds is 4. The molecule has 20 heavy (non-hydrogen) atoms. The lowest BCUT2D eigenvalue weighted by Gasteiger charge is -2.22. The summed E-state index contributed by atoms with van der Waals surface area (Å²) in [5.41, 5.74) is 6.67. The van der Waals surface area contributed by atoms with Crippen molar-refractivity contribution in [3.8, 4) is 0 Å². The summed E-state index contributed by atoms with van der Waals surface area (Å²) in [6.45, 7) is 7.00. The summed E-state index contributed by atoms with van der Waals surface area (Å²) in [4.78, 5) is 12.8. The van der Waals surface area contributed by atoms with Gasteiger partial charge in [0.25, 0.3) is 5.91 Å². The van der Waals surface area contributed by atoms with Crippen LogP contribution in [0.2, 0.25) is 5.02 Å². The van der Waals surface area contributed by atoms with Crippen LogP contribution < -0.4 is 11.1 Å². The lowest BCUT2D eigenvalue weighted by molar-refractivity contribution is 0.0940. The van der Waals surface area contributed by atoms with Crippen LogP contribution in [-0.4, -0.2) is 12.5 Å². The molecule has 0 spiro atoms. The molecule has 0 radical (unpaired) electrons. The van der Waals surface area contributed by atoms with Crippen LogP contribution in [-0.2, 0) is 0 Å². The van der Waals surface area contributed by atoms with Crippen molar-refractivity contribution in [3.63, 3.8) is 0 Å². The number of benzene rings is 1. The number of halogens is 1. The molecule has 0 unspecified atom stereocenters. The van der Waals surface area contributed by atoms with E-state index < -0.39 is 0 Å². The van der Waals surface area contributed by atoms with E-state index >= 15 is 0 Å². The van der Waals surface area contributed by atoms with Gasteiger partial charge in [-0.1, -0.05) is 32.4 Å². The molecular weight excluding hydrogens is 292 g/mol. The van der Waals surface area contributed by atoms with Gasteiger partial charge in [0, 0.05) is 21.7 Å². The number of carbonyl (C=O) groups is 1. The summed E-state index contributed by atoms with van der Waals surface area (Å²) < 4.78 is 0.979. The molecule has 0 fully saturated rings. The number of nitrogens with one attached hydrogen (secondary N) is 1. The van der Waals surface area contributed by atoms with E-state index in [1.54, 1.807) is 6.07 Å². The number of anilines is 1. The molecule has 0 saturated heterocycles. The first-order valence-corrected chi connectivity index (χ1v) is 7.79. The normalized spacial score (nSPS) is 11.8. The molecule has 0 aliphatic heterocycles. The molecule has 0 aliphatic carbocycles. The highest BCUT2D eigenvalue weighted by Crippen LogP contribution is 2.35. The summed E-state index contributed by atoms with van der Waals surface area (Å²) in [6, 6.07) is 5.50. The molecule has 0 atom stereocenters. The number of nitrogen functional groups attached to an aromatic ring is 1. The SMILES string of the molecule is CCC(C)(C)CNC(=O)c1sc2ccc(Cl)cc2c1N. The van der Waals surface area contributed by atoms with Crippen molar-refractivity contribution in [2.24, 2.45) is 5.41 Å². The molecule has 5 heteroatoms. The van der Waals surface area contributed by atoms with Crippen LogP contribution in [0, 0.1) is 5.41 Å². The smallest absolute Gasteiger partial charge is 0.263 e. The number of thiophene rings is 1. The van der Waals surface area contributed by atoms with Gasteiger partial charge in [0.15, 0.2) is 0 Å². The molecule has 3 N–H and O–H groups in total. The van der Waals surface area contributed by atoms with Gasteiger partial charge in [0.1, 0.15) is 4.88 Å². The Balaban J connectivity index is 2.25. The predicted molar refractivity (Wildman–Crippen MR) is 87.7 cm³/mol. The third kappa shape index (κ3) is 3.07. The molecule has 1 amide bonds. The highest BCUT2D eigenvalue weighted by atomic mass is 35.5. The quantitative estimate of drug-likeness (QED) is 0.884. The van der Waals surface area contributed by atoms with E-state index in [-0.39, 0.29) is 11.3 Å².